The van der Waals surface area contributed by atoms with Crippen LogP contribution in [0, 0.1) is 0 Å². The molecule has 1 aromatic carbocycles. The van der Waals surface area contributed by atoms with Crippen LogP contribution >= 0.6 is 0 Å². The molecule has 3 aromatic rings. The van der Waals surface area contributed by atoms with E-state index in [0.29, 0.717) is 5.69 Å². The molecule has 2 heterocycles. The molecule has 0 aliphatic carbocycles. The quantitative estimate of drug-likeness (QED) is 0.767. The number of sulfone groups is 1. The van der Waals surface area contributed by atoms with E-state index in [0.717, 1.165) is 6.26 Å². The third-order valence-electron chi connectivity index (χ3n) is 3.05. The molecule has 3 rings (SSSR count). The van der Waals surface area contributed by atoms with Gasteiger partial charge in [-0.1, -0.05) is 17.2 Å². The van der Waals surface area contributed by atoms with Crippen molar-refractivity contribution >= 4 is 21.8 Å². The molecule has 1 N–H and O–H groups in total. The Hall–Kier alpha value is -3.07. The monoisotopic (exact) mass is 344 g/mol. The molecule has 0 spiro atoms. The fraction of sp³-hybridized carbons (Fsp3) is 0.0667. The van der Waals surface area contributed by atoms with E-state index in [2.05, 4.69) is 20.5 Å². The van der Waals surface area contributed by atoms with Gasteiger partial charge in [0.15, 0.2) is 9.84 Å². The van der Waals surface area contributed by atoms with Gasteiger partial charge in [-0.25, -0.2) is 8.42 Å². The highest BCUT2D eigenvalue weighted by molar-refractivity contribution is 7.90. The van der Waals surface area contributed by atoms with E-state index in [1.165, 1.54) is 24.3 Å². The summed E-state index contributed by atoms with van der Waals surface area (Å²) in [6.07, 6.45) is 2.65. The Morgan fingerprint density at radius 1 is 1.12 bits per heavy atom. The van der Waals surface area contributed by atoms with Gasteiger partial charge in [-0.3, -0.25) is 15.1 Å². The first kappa shape index (κ1) is 15.8. The summed E-state index contributed by atoms with van der Waals surface area (Å²) >= 11 is 0. The second-order valence-corrected chi connectivity index (χ2v) is 6.90. The molecule has 24 heavy (non-hydrogen) atoms. The molecule has 1 amide bonds. The zero-order chi connectivity index (χ0) is 17.2. The van der Waals surface area contributed by atoms with Crippen molar-refractivity contribution < 1.29 is 17.6 Å². The molecule has 2 aromatic heterocycles. The molecule has 0 aliphatic rings. The van der Waals surface area contributed by atoms with Gasteiger partial charge in [0.25, 0.3) is 11.8 Å². The molecule has 122 valence electrons. The Balaban J connectivity index is 1.80. The summed E-state index contributed by atoms with van der Waals surface area (Å²) in [4.78, 5) is 16.3. The number of carbonyl (C=O) groups is 1. The first-order valence-corrected chi connectivity index (χ1v) is 8.69. The van der Waals surface area contributed by atoms with Crippen molar-refractivity contribution in [1.82, 2.24) is 15.2 Å². The first-order valence-electron chi connectivity index (χ1n) is 6.80. The highest BCUT2D eigenvalue weighted by Gasteiger charge is 2.15. The van der Waals surface area contributed by atoms with Gasteiger partial charge in [0.05, 0.1) is 4.90 Å². The molecule has 8 nitrogen and oxygen atoms in total. The van der Waals surface area contributed by atoms with Gasteiger partial charge in [-0.05, 0) is 30.3 Å². The average molecular weight is 344 g/mol. The zero-order valence-electron chi connectivity index (χ0n) is 12.5. The number of nitrogens with one attached hydrogen (secondary N) is 1. The summed E-state index contributed by atoms with van der Waals surface area (Å²) in [6, 6.07) is 10.8. The van der Waals surface area contributed by atoms with Crippen molar-refractivity contribution in [2.75, 3.05) is 11.6 Å². The van der Waals surface area contributed by atoms with E-state index in [-0.39, 0.29) is 22.4 Å². The Kier molecular flexibility index (Phi) is 4.09. The van der Waals surface area contributed by atoms with E-state index < -0.39 is 15.7 Å². The number of anilines is 1. The number of rotatable bonds is 4. The lowest BCUT2D eigenvalue weighted by Gasteiger charge is -2.03. The van der Waals surface area contributed by atoms with Gasteiger partial charge < -0.3 is 4.42 Å². The Bertz CT molecular complexity index is 983. The van der Waals surface area contributed by atoms with Crippen molar-refractivity contribution in [2.24, 2.45) is 0 Å². The fourth-order valence-electron chi connectivity index (χ4n) is 1.90. The maximum atomic E-state index is 12.2. The lowest BCUT2D eigenvalue weighted by molar-refractivity contribution is 0.102. The summed E-state index contributed by atoms with van der Waals surface area (Å²) < 4.78 is 28.4. The highest BCUT2D eigenvalue weighted by Crippen LogP contribution is 2.18. The molecule has 0 saturated heterocycles. The van der Waals surface area contributed by atoms with E-state index in [4.69, 9.17) is 4.42 Å². The zero-order valence-corrected chi connectivity index (χ0v) is 13.3. The van der Waals surface area contributed by atoms with E-state index in [1.54, 1.807) is 24.4 Å². The van der Waals surface area contributed by atoms with Crippen molar-refractivity contribution in [3.05, 3.63) is 54.2 Å². The van der Waals surface area contributed by atoms with Crippen LogP contribution in [-0.4, -0.2) is 35.8 Å². The first-order chi connectivity index (χ1) is 11.4. The molecular weight excluding hydrogens is 332 g/mol. The Morgan fingerprint density at radius 3 is 2.67 bits per heavy atom. The van der Waals surface area contributed by atoms with E-state index in [9.17, 15) is 13.2 Å². The minimum absolute atomic E-state index is 0.0508. The minimum Gasteiger partial charge on any atom is -0.401 e. The third kappa shape index (κ3) is 3.46. The lowest BCUT2D eigenvalue weighted by atomic mass is 10.2. The second-order valence-electron chi connectivity index (χ2n) is 4.88. The minimum atomic E-state index is -3.40. The van der Waals surface area contributed by atoms with Crippen LogP contribution in [0.1, 0.15) is 10.4 Å². The predicted molar refractivity (Wildman–Crippen MR) is 85.0 cm³/mol. The number of hydrogen-bond acceptors (Lipinski definition) is 7. The van der Waals surface area contributed by atoms with Crippen LogP contribution in [0.25, 0.3) is 11.6 Å². The van der Waals surface area contributed by atoms with Crippen LogP contribution in [0.15, 0.2) is 58.0 Å². The van der Waals surface area contributed by atoms with Gasteiger partial charge in [0.1, 0.15) is 5.69 Å². The summed E-state index contributed by atoms with van der Waals surface area (Å²) in [5.74, 6) is -0.396. The molecule has 0 saturated carbocycles. The number of carbonyl (C=O) groups excluding carboxylic acids is 1. The van der Waals surface area contributed by atoms with Crippen LogP contribution in [-0.2, 0) is 9.84 Å². The van der Waals surface area contributed by atoms with Crippen LogP contribution < -0.4 is 5.32 Å². The van der Waals surface area contributed by atoms with Crippen molar-refractivity contribution in [2.45, 2.75) is 4.90 Å². The predicted octanol–water partition coefficient (Wildman–Crippen LogP) is 1.79. The summed E-state index contributed by atoms with van der Waals surface area (Å²) in [5.41, 5.74) is 0.639. The van der Waals surface area contributed by atoms with Gasteiger partial charge in [-0.2, -0.15) is 0 Å². The molecule has 0 unspecified atom stereocenters. The smallest absolute Gasteiger partial charge is 0.322 e. The SMILES string of the molecule is CS(=O)(=O)c1cccc(C(=O)Nc2nnc(-c3ccccn3)o2)c1. The molecule has 0 radical (unpaired) electrons. The van der Waals surface area contributed by atoms with Crippen LogP contribution in [0.2, 0.25) is 0 Å². The molecule has 0 atom stereocenters. The highest BCUT2D eigenvalue weighted by atomic mass is 32.2. The maximum Gasteiger partial charge on any atom is 0.322 e. The van der Waals surface area contributed by atoms with Crippen LogP contribution in [0.5, 0.6) is 0 Å². The number of pyridine rings is 1. The van der Waals surface area contributed by atoms with Crippen LogP contribution in [0.3, 0.4) is 0 Å². The summed E-state index contributed by atoms with van der Waals surface area (Å²) in [6.45, 7) is 0. The Morgan fingerprint density at radius 2 is 1.96 bits per heavy atom. The van der Waals surface area contributed by atoms with Gasteiger partial charge in [0, 0.05) is 18.0 Å². The van der Waals surface area contributed by atoms with Crippen molar-refractivity contribution in [3.63, 3.8) is 0 Å². The summed E-state index contributed by atoms with van der Waals surface area (Å²) in [7, 11) is -3.40. The fourth-order valence-corrected chi connectivity index (χ4v) is 2.57. The molecule has 9 heteroatoms. The van der Waals surface area contributed by atoms with Gasteiger partial charge >= 0.3 is 6.01 Å². The number of amides is 1. The lowest BCUT2D eigenvalue weighted by Crippen LogP contribution is -2.13. The number of benzene rings is 1. The largest absolute Gasteiger partial charge is 0.401 e. The molecule has 0 bridgehead atoms. The third-order valence-corrected chi connectivity index (χ3v) is 4.16. The maximum absolute atomic E-state index is 12.2. The average Bonchev–Trinajstić information content (AvgIpc) is 3.03. The topological polar surface area (TPSA) is 115 Å². The van der Waals surface area contributed by atoms with Gasteiger partial charge in [-0.15, -0.1) is 5.10 Å². The van der Waals surface area contributed by atoms with Crippen molar-refractivity contribution in [1.29, 1.82) is 0 Å². The van der Waals surface area contributed by atoms with Gasteiger partial charge in [0.2, 0.25) is 0 Å². The Labute approximate surface area is 137 Å². The number of aromatic nitrogens is 3. The normalized spacial score (nSPS) is 11.2. The molecule has 0 aliphatic heterocycles. The summed E-state index contributed by atoms with van der Waals surface area (Å²) in [5, 5.41) is 9.95. The van der Waals surface area contributed by atoms with E-state index >= 15 is 0 Å². The molecular formula is C15H12N4O4S. The van der Waals surface area contributed by atoms with Crippen molar-refractivity contribution in [3.8, 4) is 11.6 Å². The second kappa shape index (κ2) is 6.20. The standard InChI is InChI=1S/C15H12N4O4S/c1-24(21,22)11-6-4-5-10(9-11)13(20)17-15-19-18-14(23-15)12-7-2-3-8-16-12/h2-9H,1H3,(H,17,19,20). The number of nitrogens with zero attached hydrogens (tertiary/aromatic N) is 3. The molecule has 0 fully saturated rings. The van der Waals surface area contributed by atoms with Crippen LogP contribution in [0.4, 0.5) is 6.01 Å². The van der Waals surface area contributed by atoms with E-state index in [1.807, 2.05) is 0 Å². The number of hydrogen-bond donors (Lipinski definition) is 1.